The zero-order chi connectivity index (χ0) is 17.9. The minimum absolute atomic E-state index is 0.190. The van der Waals surface area contributed by atoms with Crippen molar-refractivity contribution in [1.82, 2.24) is 4.90 Å². The molecule has 2 amide bonds. The van der Waals surface area contributed by atoms with E-state index in [1.165, 1.54) is 12.0 Å². The van der Waals surface area contributed by atoms with Crippen molar-refractivity contribution in [1.29, 1.82) is 0 Å². The minimum atomic E-state index is -0.882. The maximum absolute atomic E-state index is 12.4. The Kier molecular flexibility index (Phi) is 5.43. The van der Waals surface area contributed by atoms with Gasteiger partial charge in [0.1, 0.15) is 0 Å². The average molecular weight is 334 g/mol. The van der Waals surface area contributed by atoms with E-state index >= 15 is 0 Å². The zero-order valence-corrected chi connectivity index (χ0v) is 14.1. The third-order valence-corrected chi connectivity index (χ3v) is 4.28. The Morgan fingerprint density at radius 3 is 2.58 bits per heavy atom. The first-order valence-electron chi connectivity index (χ1n) is 7.81. The fraction of sp³-hybridized carbons (Fsp3) is 0.471. The first-order valence-corrected chi connectivity index (χ1v) is 7.81. The molecule has 1 heterocycles. The Hall–Kier alpha value is -2.57. The highest BCUT2D eigenvalue weighted by Gasteiger charge is 2.28. The number of amides is 2. The molecule has 1 aliphatic rings. The van der Waals surface area contributed by atoms with Gasteiger partial charge in [-0.25, -0.2) is 9.59 Å². The smallest absolute Gasteiger partial charge is 0.338 e. The number of hydrogen-bond acceptors (Lipinski definition) is 4. The summed E-state index contributed by atoms with van der Waals surface area (Å²) < 4.78 is 4.75. The number of piperidine rings is 1. The largest absolute Gasteiger partial charge is 0.481 e. The second kappa shape index (κ2) is 7.33. The summed E-state index contributed by atoms with van der Waals surface area (Å²) in [4.78, 5) is 36.8. The number of esters is 1. The molecule has 0 saturated carbocycles. The van der Waals surface area contributed by atoms with Gasteiger partial charge in [-0.15, -0.1) is 0 Å². The molecule has 1 atom stereocenters. The molecule has 2 N–H and O–H groups in total. The van der Waals surface area contributed by atoms with Crippen molar-refractivity contribution < 1.29 is 24.2 Å². The van der Waals surface area contributed by atoms with E-state index in [0.29, 0.717) is 30.6 Å². The number of hydrogen-bond donors (Lipinski definition) is 2. The van der Waals surface area contributed by atoms with Crippen molar-refractivity contribution in [3.8, 4) is 0 Å². The Bertz CT molecular complexity index is 671. The Morgan fingerprint density at radius 2 is 1.96 bits per heavy atom. The molecule has 1 fully saturated rings. The number of nitrogens with one attached hydrogen (secondary N) is 1. The number of carbonyl (C=O) groups is 3. The lowest BCUT2D eigenvalue weighted by Gasteiger charge is -2.31. The van der Waals surface area contributed by atoms with Crippen molar-refractivity contribution in [2.75, 3.05) is 25.5 Å². The number of aliphatic carboxylic acids is 1. The van der Waals surface area contributed by atoms with E-state index in [4.69, 9.17) is 9.84 Å². The van der Waals surface area contributed by atoms with Crippen molar-refractivity contribution in [2.45, 2.75) is 26.7 Å². The summed E-state index contributed by atoms with van der Waals surface area (Å²) in [5.41, 5.74) is 2.49. The van der Waals surface area contributed by atoms with Crippen LogP contribution in [0.5, 0.6) is 0 Å². The number of likely N-dealkylation sites (tertiary alicyclic amines) is 1. The average Bonchev–Trinajstić information content (AvgIpc) is 2.56. The predicted molar refractivity (Wildman–Crippen MR) is 88.2 cm³/mol. The molecule has 130 valence electrons. The topological polar surface area (TPSA) is 95.9 Å². The summed E-state index contributed by atoms with van der Waals surface area (Å²) in [7, 11) is 1.31. The first-order chi connectivity index (χ1) is 11.3. The molecule has 24 heavy (non-hydrogen) atoms. The molecule has 1 saturated heterocycles. The van der Waals surface area contributed by atoms with Crippen LogP contribution in [0.1, 0.15) is 34.3 Å². The molecule has 1 aromatic rings. The Balaban J connectivity index is 2.16. The lowest BCUT2D eigenvalue weighted by atomic mass is 9.98. The molecular weight excluding hydrogens is 312 g/mol. The van der Waals surface area contributed by atoms with Crippen molar-refractivity contribution in [3.63, 3.8) is 0 Å². The molecule has 2 rings (SSSR count). The molecule has 7 heteroatoms. The van der Waals surface area contributed by atoms with E-state index in [2.05, 4.69) is 5.32 Å². The summed E-state index contributed by atoms with van der Waals surface area (Å²) in [6, 6.07) is 3.04. The number of urea groups is 1. The first kappa shape index (κ1) is 17.8. The van der Waals surface area contributed by atoms with Gasteiger partial charge in [-0.05, 0) is 43.9 Å². The van der Waals surface area contributed by atoms with Crippen LogP contribution in [0.3, 0.4) is 0 Å². The van der Waals surface area contributed by atoms with E-state index < -0.39 is 17.9 Å². The fourth-order valence-corrected chi connectivity index (χ4v) is 2.87. The summed E-state index contributed by atoms with van der Waals surface area (Å²) >= 11 is 0. The lowest BCUT2D eigenvalue weighted by Crippen LogP contribution is -2.44. The molecule has 0 bridgehead atoms. The van der Waals surface area contributed by atoms with Crippen LogP contribution in [0.4, 0.5) is 10.5 Å². The number of methoxy groups -OCH3 is 1. The summed E-state index contributed by atoms with van der Waals surface area (Å²) in [6.45, 7) is 4.34. The van der Waals surface area contributed by atoms with Crippen LogP contribution in [0.25, 0.3) is 0 Å². The van der Waals surface area contributed by atoms with Crippen LogP contribution < -0.4 is 5.32 Å². The molecule has 0 spiro atoms. The van der Waals surface area contributed by atoms with Crippen LogP contribution in [0.2, 0.25) is 0 Å². The number of carboxylic acid groups (broad SMARTS) is 1. The van der Waals surface area contributed by atoms with E-state index in [1.807, 2.05) is 6.92 Å². The molecule has 0 radical (unpaired) electrons. The molecule has 1 aromatic carbocycles. The summed E-state index contributed by atoms with van der Waals surface area (Å²) in [5.74, 6) is -1.88. The monoisotopic (exact) mass is 334 g/mol. The van der Waals surface area contributed by atoms with Gasteiger partial charge in [-0.3, -0.25) is 4.79 Å². The minimum Gasteiger partial charge on any atom is -0.481 e. The van der Waals surface area contributed by atoms with Crippen LogP contribution in [-0.2, 0) is 9.53 Å². The highest BCUT2D eigenvalue weighted by molar-refractivity contribution is 5.96. The summed E-state index contributed by atoms with van der Waals surface area (Å²) in [5, 5.41) is 11.9. The number of benzene rings is 1. The molecule has 1 aliphatic heterocycles. The highest BCUT2D eigenvalue weighted by Crippen LogP contribution is 2.23. The van der Waals surface area contributed by atoms with Gasteiger partial charge in [0.15, 0.2) is 0 Å². The number of carboxylic acids is 1. The zero-order valence-electron chi connectivity index (χ0n) is 14.1. The van der Waals surface area contributed by atoms with Crippen LogP contribution in [0.15, 0.2) is 12.1 Å². The predicted octanol–water partition coefficient (Wildman–Crippen LogP) is 2.42. The molecule has 7 nitrogen and oxygen atoms in total. The third kappa shape index (κ3) is 3.84. The van der Waals surface area contributed by atoms with Gasteiger partial charge in [0.05, 0.1) is 18.6 Å². The van der Waals surface area contributed by atoms with Gasteiger partial charge >= 0.3 is 18.0 Å². The second-order valence-electron chi connectivity index (χ2n) is 6.03. The van der Waals surface area contributed by atoms with Gasteiger partial charge in [0.2, 0.25) is 0 Å². The van der Waals surface area contributed by atoms with Crippen molar-refractivity contribution in [3.05, 3.63) is 28.8 Å². The molecule has 0 aromatic heterocycles. The molecule has 0 aliphatic carbocycles. The summed E-state index contributed by atoms with van der Waals surface area (Å²) in [6.07, 6.45) is 1.24. The van der Waals surface area contributed by atoms with Gasteiger partial charge in [0.25, 0.3) is 0 Å². The van der Waals surface area contributed by atoms with Crippen molar-refractivity contribution >= 4 is 23.7 Å². The van der Waals surface area contributed by atoms with E-state index in [1.54, 1.807) is 19.1 Å². The SMILES string of the molecule is COC(=O)c1cc(NC(=O)N2CCCC(C(=O)O)C2)c(C)cc1C. The maximum atomic E-state index is 12.4. The fourth-order valence-electron chi connectivity index (χ4n) is 2.87. The highest BCUT2D eigenvalue weighted by atomic mass is 16.5. The number of anilines is 1. The van der Waals surface area contributed by atoms with Crippen LogP contribution >= 0.6 is 0 Å². The van der Waals surface area contributed by atoms with E-state index in [-0.39, 0.29) is 12.6 Å². The van der Waals surface area contributed by atoms with Gasteiger partial charge in [-0.1, -0.05) is 6.07 Å². The van der Waals surface area contributed by atoms with Gasteiger partial charge < -0.3 is 20.1 Å². The van der Waals surface area contributed by atoms with Gasteiger partial charge in [-0.2, -0.15) is 0 Å². The number of rotatable bonds is 3. The molecule has 1 unspecified atom stereocenters. The van der Waals surface area contributed by atoms with E-state index in [0.717, 1.165) is 11.1 Å². The van der Waals surface area contributed by atoms with Crippen LogP contribution in [0, 0.1) is 19.8 Å². The quantitative estimate of drug-likeness (QED) is 0.828. The van der Waals surface area contributed by atoms with Gasteiger partial charge in [0, 0.05) is 18.8 Å². The normalized spacial score (nSPS) is 17.3. The number of aryl methyl sites for hydroxylation is 2. The number of carbonyl (C=O) groups excluding carboxylic acids is 2. The number of ether oxygens (including phenoxy) is 1. The van der Waals surface area contributed by atoms with Crippen LogP contribution in [-0.4, -0.2) is 48.2 Å². The molecular formula is C17H22N2O5. The third-order valence-electron chi connectivity index (χ3n) is 4.28. The lowest BCUT2D eigenvalue weighted by molar-refractivity contribution is -0.143. The Morgan fingerprint density at radius 1 is 1.25 bits per heavy atom. The van der Waals surface area contributed by atoms with Crippen molar-refractivity contribution in [2.24, 2.45) is 5.92 Å². The van der Waals surface area contributed by atoms with E-state index in [9.17, 15) is 14.4 Å². The second-order valence-corrected chi connectivity index (χ2v) is 6.03. The standard InChI is InChI=1S/C17H22N2O5/c1-10-7-11(2)14(8-13(10)16(22)24-3)18-17(23)19-6-4-5-12(9-19)15(20)21/h7-8,12H,4-6,9H2,1-3H3,(H,18,23)(H,20,21). The maximum Gasteiger partial charge on any atom is 0.338 e. The Labute approximate surface area is 140 Å². The number of nitrogens with zero attached hydrogens (tertiary/aromatic N) is 1.